The standard InChI is InChI=1S/C20H20N2O3/c1-20(2,3)13-7-5-12(6-8-13)17(23)21-14-9-10-15-16(11-14)19(25)22(4)18(15)24/h5-11H,1-4H3,(H,21,23). The van der Waals surface area contributed by atoms with Gasteiger partial charge >= 0.3 is 0 Å². The third-order valence-corrected chi connectivity index (χ3v) is 4.36. The Balaban J connectivity index is 1.81. The molecule has 2 aromatic rings. The number of hydrogen-bond acceptors (Lipinski definition) is 3. The number of carbonyl (C=O) groups is 3. The Morgan fingerprint density at radius 3 is 2.12 bits per heavy atom. The number of fused-ring (bicyclic) bond motifs is 1. The molecule has 0 radical (unpaired) electrons. The number of nitrogens with zero attached hydrogens (tertiary/aromatic N) is 1. The van der Waals surface area contributed by atoms with Crippen LogP contribution in [0.15, 0.2) is 42.5 Å². The molecule has 5 nitrogen and oxygen atoms in total. The molecule has 2 aromatic carbocycles. The maximum Gasteiger partial charge on any atom is 0.261 e. The van der Waals surface area contributed by atoms with E-state index in [0.717, 1.165) is 10.5 Å². The minimum atomic E-state index is -0.356. The molecule has 3 rings (SSSR count). The molecule has 0 fully saturated rings. The van der Waals surface area contributed by atoms with Gasteiger partial charge in [-0.15, -0.1) is 0 Å². The average Bonchev–Trinajstić information content (AvgIpc) is 2.78. The summed E-state index contributed by atoms with van der Waals surface area (Å²) >= 11 is 0. The van der Waals surface area contributed by atoms with E-state index in [4.69, 9.17) is 0 Å². The average molecular weight is 336 g/mol. The van der Waals surface area contributed by atoms with E-state index >= 15 is 0 Å². The van der Waals surface area contributed by atoms with Gasteiger partial charge in [0.2, 0.25) is 0 Å². The number of rotatable bonds is 2. The lowest BCUT2D eigenvalue weighted by Gasteiger charge is -2.19. The Hall–Kier alpha value is -2.95. The van der Waals surface area contributed by atoms with Gasteiger partial charge in [-0.1, -0.05) is 32.9 Å². The second kappa shape index (κ2) is 5.84. The fourth-order valence-corrected chi connectivity index (χ4v) is 2.76. The molecular weight excluding hydrogens is 316 g/mol. The van der Waals surface area contributed by atoms with Gasteiger partial charge in [0.1, 0.15) is 0 Å². The molecule has 128 valence electrons. The molecule has 0 aliphatic carbocycles. The third-order valence-electron chi connectivity index (χ3n) is 4.36. The molecule has 1 aliphatic heterocycles. The fourth-order valence-electron chi connectivity index (χ4n) is 2.76. The van der Waals surface area contributed by atoms with Gasteiger partial charge in [0.05, 0.1) is 11.1 Å². The summed E-state index contributed by atoms with van der Waals surface area (Å²) < 4.78 is 0. The van der Waals surface area contributed by atoms with Crippen molar-refractivity contribution in [2.75, 3.05) is 12.4 Å². The van der Waals surface area contributed by atoms with Gasteiger partial charge in [-0.05, 0) is 41.3 Å². The minimum Gasteiger partial charge on any atom is -0.322 e. The summed E-state index contributed by atoms with van der Waals surface area (Å²) in [5, 5.41) is 2.78. The lowest BCUT2D eigenvalue weighted by atomic mass is 9.87. The van der Waals surface area contributed by atoms with Crippen molar-refractivity contribution in [1.82, 2.24) is 4.90 Å². The first-order valence-electron chi connectivity index (χ1n) is 8.07. The first kappa shape index (κ1) is 16.9. The van der Waals surface area contributed by atoms with Crippen molar-refractivity contribution >= 4 is 23.4 Å². The van der Waals surface area contributed by atoms with Crippen LogP contribution in [0.3, 0.4) is 0 Å². The lowest BCUT2D eigenvalue weighted by molar-refractivity contribution is 0.0692. The van der Waals surface area contributed by atoms with E-state index in [1.165, 1.54) is 7.05 Å². The van der Waals surface area contributed by atoms with Crippen molar-refractivity contribution in [1.29, 1.82) is 0 Å². The lowest BCUT2D eigenvalue weighted by Crippen LogP contribution is -2.24. The number of imide groups is 1. The Morgan fingerprint density at radius 1 is 0.920 bits per heavy atom. The van der Waals surface area contributed by atoms with Gasteiger partial charge in [0.15, 0.2) is 0 Å². The summed E-state index contributed by atoms with van der Waals surface area (Å²) in [6.45, 7) is 6.34. The highest BCUT2D eigenvalue weighted by molar-refractivity contribution is 6.21. The molecule has 3 amide bonds. The molecule has 0 saturated carbocycles. The summed E-state index contributed by atoms with van der Waals surface area (Å²) in [6.07, 6.45) is 0. The Morgan fingerprint density at radius 2 is 1.52 bits per heavy atom. The molecule has 0 saturated heterocycles. The van der Waals surface area contributed by atoms with Crippen molar-refractivity contribution in [3.63, 3.8) is 0 Å². The van der Waals surface area contributed by atoms with Gasteiger partial charge in [-0.25, -0.2) is 0 Å². The summed E-state index contributed by atoms with van der Waals surface area (Å²) in [5.74, 6) is -0.938. The van der Waals surface area contributed by atoms with Crippen LogP contribution in [-0.4, -0.2) is 29.7 Å². The van der Waals surface area contributed by atoms with Crippen molar-refractivity contribution in [3.8, 4) is 0 Å². The molecule has 0 unspecified atom stereocenters. The SMILES string of the molecule is CN1C(=O)c2ccc(NC(=O)c3ccc(C(C)(C)C)cc3)cc2C1=O. The molecule has 0 aromatic heterocycles. The summed E-state index contributed by atoms with van der Waals surface area (Å²) in [4.78, 5) is 37.4. The predicted molar refractivity (Wildman–Crippen MR) is 96.0 cm³/mol. The Labute approximate surface area is 146 Å². The van der Waals surface area contributed by atoms with Crippen LogP contribution in [0, 0.1) is 0 Å². The predicted octanol–water partition coefficient (Wildman–Crippen LogP) is 3.46. The van der Waals surface area contributed by atoms with Crippen LogP contribution in [0.1, 0.15) is 57.4 Å². The second-order valence-corrected chi connectivity index (χ2v) is 7.21. The zero-order valence-electron chi connectivity index (χ0n) is 14.7. The quantitative estimate of drug-likeness (QED) is 0.854. The van der Waals surface area contributed by atoms with Crippen LogP contribution in [0.2, 0.25) is 0 Å². The van der Waals surface area contributed by atoms with Gasteiger partial charge in [-0.2, -0.15) is 0 Å². The van der Waals surface area contributed by atoms with E-state index in [1.54, 1.807) is 30.3 Å². The van der Waals surface area contributed by atoms with Gasteiger partial charge < -0.3 is 5.32 Å². The van der Waals surface area contributed by atoms with Gasteiger partial charge in [0.25, 0.3) is 17.7 Å². The van der Waals surface area contributed by atoms with Crippen LogP contribution in [-0.2, 0) is 5.41 Å². The summed E-state index contributed by atoms with van der Waals surface area (Å²) in [6, 6.07) is 12.2. The number of amides is 3. The molecule has 0 bridgehead atoms. The number of carbonyl (C=O) groups excluding carboxylic acids is 3. The highest BCUT2D eigenvalue weighted by atomic mass is 16.2. The van der Waals surface area contributed by atoms with Crippen LogP contribution in [0.25, 0.3) is 0 Å². The topological polar surface area (TPSA) is 66.5 Å². The molecule has 5 heteroatoms. The van der Waals surface area contributed by atoms with E-state index in [-0.39, 0.29) is 23.1 Å². The Bertz CT molecular complexity index is 877. The number of anilines is 1. The molecular formula is C20H20N2O3. The van der Waals surface area contributed by atoms with Gasteiger partial charge in [-0.3, -0.25) is 19.3 Å². The normalized spacial score (nSPS) is 13.8. The smallest absolute Gasteiger partial charge is 0.261 e. The summed E-state index contributed by atoms with van der Waals surface area (Å²) in [7, 11) is 1.44. The molecule has 25 heavy (non-hydrogen) atoms. The fraction of sp³-hybridized carbons (Fsp3) is 0.250. The number of hydrogen-bond donors (Lipinski definition) is 1. The van der Waals surface area contributed by atoms with Crippen molar-refractivity contribution in [3.05, 3.63) is 64.7 Å². The monoisotopic (exact) mass is 336 g/mol. The van der Waals surface area contributed by atoms with Crippen molar-refractivity contribution < 1.29 is 14.4 Å². The molecule has 0 spiro atoms. The molecule has 1 N–H and O–H groups in total. The van der Waals surface area contributed by atoms with Crippen molar-refractivity contribution in [2.45, 2.75) is 26.2 Å². The van der Waals surface area contributed by atoms with Gasteiger partial charge in [0, 0.05) is 18.3 Å². The van der Waals surface area contributed by atoms with Crippen molar-refractivity contribution in [2.24, 2.45) is 0 Å². The first-order valence-corrected chi connectivity index (χ1v) is 8.07. The molecule has 0 atom stereocenters. The van der Waals surface area contributed by atoms with Crippen LogP contribution in [0.4, 0.5) is 5.69 Å². The van der Waals surface area contributed by atoms with E-state index in [0.29, 0.717) is 22.4 Å². The maximum atomic E-state index is 12.4. The number of nitrogens with one attached hydrogen (secondary N) is 1. The van der Waals surface area contributed by atoms with Crippen LogP contribution >= 0.6 is 0 Å². The molecule has 1 aliphatic rings. The van der Waals surface area contributed by atoms with E-state index in [9.17, 15) is 14.4 Å². The maximum absolute atomic E-state index is 12.4. The summed E-state index contributed by atoms with van der Waals surface area (Å²) in [5.41, 5.74) is 2.86. The van der Waals surface area contributed by atoms with Crippen LogP contribution in [0.5, 0.6) is 0 Å². The zero-order valence-corrected chi connectivity index (χ0v) is 14.7. The van der Waals surface area contributed by atoms with E-state index < -0.39 is 0 Å². The van der Waals surface area contributed by atoms with E-state index in [1.807, 2.05) is 12.1 Å². The first-order chi connectivity index (χ1) is 11.7. The highest BCUT2D eigenvalue weighted by Crippen LogP contribution is 2.25. The second-order valence-electron chi connectivity index (χ2n) is 7.21. The van der Waals surface area contributed by atoms with Crippen LogP contribution < -0.4 is 5.32 Å². The largest absolute Gasteiger partial charge is 0.322 e. The Kier molecular flexibility index (Phi) is 3.95. The van der Waals surface area contributed by atoms with E-state index in [2.05, 4.69) is 26.1 Å². The molecule has 1 heterocycles. The highest BCUT2D eigenvalue weighted by Gasteiger charge is 2.32. The zero-order chi connectivity index (χ0) is 18.4. The number of benzene rings is 2. The minimum absolute atomic E-state index is 0.0217. The third kappa shape index (κ3) is 3.05.